The van der Waals surface area contributed by atoms with Gasteiger partial charge in [0.15, 0.2) is 0 Å². The second kappa shape index (κ2) is 9.22. The van der Waals surface area contributed by atoms with Crippen LogP contribution in [0.1, 0.15) is 32.8 Å². The average molecular weight is 299 g/mol. The molecule has 0 aliphatic carbocycles. The van der Waals surface area contributed by atoms with Crippen LogP contribution in [0.4, 0.5) is 5.69 Å². The van der Waals surface area contributed by atoms with E-state index in [1.54, 1.807) is 7.11 Å². The molecule has 4 heteroatoms. The van der Waals surface area contributed by atoms with Crippen molar-refractivity contribution in [3.05, 3.63) is 28.8 Å². The molecule has 0 aliphatic heterocycles. The van der Waals surface area contributed by atoms with Gasteiger partial charge < -0.3 is 15.0 Å². The maximum absolute atomic E-state index is 6.39. The van der Waals surface area contributed by atoms with E-state index in [1.807, 2.05) is 0 Å². The van der Waals surface area contributed by atoms with Crippen LogP contribution in [0.3, 0.4) is 0 Å². The van der Waals surface area contributed by atoms with Crippen molar-refractivity contribution < 1.29 is 4.74 Å². The highest BCUT2D eigenvalue weighted by molar-refractivity contribution is 6.31. The molecule has 20 heavy (non-hydrogen) atoms. The van der Waals surface area contributed by atoms with Gasteiger partial charge in [0.05, 0.1) is 6.61 Å². The van der Waals surface area contributed by atoms with Crippen LogP contribution in [0.2, 0.25) is 5.02 Å². The summed E-state index contributed by atoms with van der Waals surface area (Å²) in [4.78, 5) is 2.30. The van der Waals surface area contributed by atoms with Crippen molar-refractivity contribution in [3.8, 4) is 0 Å². The first-order valence-corrected chi connectivity index (χ1v) is 7.72. The third kappa shape index (κ3) is 5.31. The van der Waals surface area contributed by atoms with E-state index in [0.717, 1.165) is 48.9 Å². The number of rotatable bonds is 9. The predicted molar refractivity (Wildman–Crippen MR) is 87.8 cm³/mol. The molecule has 0 bridgehead atoms. The van der Waals surface area contributed by atoms with Crippen LogP contribution in [-0.2, 0) is 11.3 Å². The number of hydrogen-bond acceptors (Lipinski definition) is 3. The number of nitrogens with zero attached hydrogens (tertiary/aromatic N) is 1. The molecule has 0 saturated carbocycles. The molecule has 0 aromatic heterocycles. The summed E-state index contributed by atoms with van der Waals surface area (Å²) in [5.74, 6) is 0. The number of halogens is 1. The molecule has 1 rings (SSSR count). The zero-order valence-corrected chi connectivity index (χ0v) is 13.8. The van der Waals surface area contributed by atoms with Crippen LogP contribution in [0.25, 0.3) is 0 Å². The summed E-state index contributed by atoms with van der Waals surface area (Å²) >= 11 is 6.39. The quantitative estimate of drug-likeness (QED) is 0.704. The van der Waals surface area contributed by atoms with Crippen molar-refractivity contribution in [2.75, 3.05) is 31.7 Å². The molecule has 0 spiro atoms. The van der Waals surface area contributed by atoms with Crippen LogP contribution >= 0.6 is 11.6 Å². The minimum Gasteiger partial charge on any atom is -0.383 e. The molecule has 0 atom stereocenters. The summed E-state index contributed by atoms with van der Waals surface area (Å²) < 4.78 is 5.18. The maximum atomic E-state index is 6.39. The van der Waals surface area contributed by atoms with Crippen LogP contribution < -0.4 is 10.2 Å². The number of nitrogens with one attached hydrogen (secondary N) is 1. The summed E-state index contributed by atoms with van der Waals surface area (Å²) in [5, 5.41) is 4.21. The van der Waals surface area contributed by atoms with E-state index in [0.29, 0.717) is 6.04 Å². The van der Waals surface area contributed by atoms with E-state index < -0.39 is 0 Å². The third-order valence-electron chi connectivity index (χ3n) is 3.27. The van der Waals surface area contributed by atoms with Gasteiger partial charge in [-0.3, -0.25) is 0 Å². The molecule has 0 fully saturated rings. The second-order valence-corrected chi connectivity index (χ2v) is 5.64. The molecule has 1 aromatic carbocycles. The molecular formula is C16H27ClN2O. The Morgan fingerprint density at radius 3 is 2.65 bits per heavy atom. The van der Waals surface area contributed by atoms with Gasteiger partial charge in [-0.15, -0.1) is 0 Å². The van der Waals surface area contributed by atoms with Crippen molar-refractivity contribution in [2.24, 2.45) is 0 Å². The van der Waals surface area contributed by atoms with Crippen molar-refractivity contribution in [2.45, 2.75) is 39.8 Å². The van der Waals surface area contributed by atoms with E-state index >= 15 is 0 Å². The van der Waals surface area contributed by atoms with Gasteiger partial charge in [-0.1, -0.05) is 24.6 Å². The van der Waals surface area contributed by atoms with Gasteiger partial charge in [0.2, 0.25) is 0 Å². The first kappa shape index (κ1) is 17.3. The molecule has 0 saturated heterocycles. The zero-order valence-electron chi connectivity index (χ0n) is 13.1. The first-order chi connectivity index (χ1) is 9.60. The lowest BCUT2D eigenvalue weighted by molar-refractivity contribution is 0.204. The van der Waals surface area contributed by atoms with Gasteiger partial charge in [0, 0.05) is 37.0 Å². The topological polar surface area (TPSA) is 24.5 Å². The number of ether oxygens (including phenoxy) is 1. The molecule has 0 radical (unpaired) electrons. The largest absolute Gasteiger partial charge is 0.383 e. The Hall–Kier alpha value is -0.770. The monoisotopic (exact) mass is 298 g/mol. The van der Waals surface area contributed by atoms with Crippen molar-refractivity contribution in [3.63, 3.8) is 0 Å². The Morgan fingerprint density at radius 1 is 1.35 bits per heavy atom. The van der Waals surface area contributed by atoms with E-state index in [1.165, 1.54) is 0 Å². The zero-order chi connectivity index (χ0) is 15.0. The highest BCUT2D eigenvalue weighted by Crippen LogP contribution is 2.25. The molecule has 3 nitrogen and oxygen atoms in total. The molecule has 0 heterocycles. The third-order valence-corrected chi connectivity index (χ3v) is 3.62. The Balaban J connectivity index is 2.77. The summed E-state index contributed by atoms with van der Waals surface area (Å²) in [6.07, 6.45) is 1.13. The Bertz CT molecular complexity index is 396. The first-order valence-electron chi connectivity index (χ1n) is 7.34. The van der Waals surface area contributed by atoms with Crippen LogP contribution in [-0.4, -0.2) is 32.8 Å². The van der Waals surface area contributed by atoms with E-state index in [2.05, 4.69) is 49.2 Å². The second-order valence-electron chi connectivity index (χ2n) is 5.23. The minimum atomic E-state index is 0.422. The molecule has 1 aromatic rings. The fraction of sp³-hybridized carbons (Fsp3) is 0.625. The summed E-state index contributed by atoms with van der Waals surface area (Å²) in [7, 11) is 1.73. The van der Waals surface area contributed by atoms with E-state index in [4.69, 9.17) is 16.3 Å². The lowest BCUT2D eigenvalue weighted by Crippen LogP contribution is -2.33. The maximum Gasteiger partial charge on any atom is 0.0637 e. The van der Waals surface area contributed by atoms with Gasteiger partial charge in [-0.2, -0.15) is 0 Å². The van der Waals surface area contributed by atoms with Crippen LogP contribution in [0.15, 0.2) is 18.2 Å². The molecule has 0 amide bonds. The lowest BCUT2D eigenvalue weighted by Gasteiger charge is -2.29. The Kier molecular flexibility index (Phi) is 7.97. The molecule has 0 aliphatic rings. The fourth-order valence-electron chi connectivity index (χ4n) is 2.13. The van der Waals surface area contributed by atoms with Gasteiger partial charge >= 0.3 is 0 Å². The fourth-order valence-corrected chi connectivity index (χ4v) is 2.37. The predicted octanol–water partition coefficient (Wildman–Crippen LogP) is 3.70. The summed E-state index contributed by atoms with van der Waals surface area (Å²) in [6, 6.07) is 6.73. The van der Waals surface area contributed by atoms with Crippen molar-refractivity contribution in [1.82, 2.24) is 5.32 Å². The molecule has 1 N–H and O–H groups in total. The normalized spacial score (nSPS) is 11.1. The summed E-state index contributed by atoms with van der Waals surface area (Å²) in [5.41, 5.74) is 2.31. The van der Waals surface area contributed by atoms with E-state index in [9.17, 15) is 0 Å². The van der Waals surface area contributed by atoms with Gasteiger partial charge in [0.1, 0.15) is 0 Å². The molecule has 114 valence electrons. The molecule has 0 unspecified atom stereocenters. The highest BCUT2D eigenvalue weighted by atomic mass is 35.5. The minimum absolute atomic E-state index is 0.422. The van der Waals surface area contributed by atoms with Crippen LogP contribution in [0, 0.1) is 0 Å². The van der Waals surface area contributed by atoms with E-state index in [-0.39, 0.29) is 0 Å². The van der Waals surface area contributed by atoms with Gasteiger partial charge in [0.25, 0.3) is 0 Å². The van der Waals surface area contributed by atoms with Gasteiger partial charge in [-0.25, -0.2) is 0 Å². The standard InChI is InChI=1S/C16H27ClN2O/c1-5-8-18-12-14-6-7-15(11-16(14)17)19(13(2)3)9-10-20-4/h6-7,11,13,18H,5,8-10,12H2,1-4H3. The smallest absolute Gasteiger partial charge is 0.0637 e. The number of anilines is 1. The number of benzene rings is 1. The van der Waals surface area contributed by atoms with Crippen LogP contribution in [0.5, 0.6) is 0 Å². The highest BCUT2D eigenvalue weighted by Gasteiger charge is 2.12. The average Bonchev–Trinajstić information content (AvgIpc) is 2.41. The molecular weight excluding hydrogens is 272 g/mol. The lowest BCUT2D eigenvalue weighted by atomic mass is 10.1. The van der Waals surface area contributed by atoms with Crippen molar-refractivity contribution in [1.29, 1.82) is 0 Å². The Labute approximate surface area is 128 Å². The van der Waals surface area contributed by atoms with Gasteiger partial charge in [-0.05, 0) is 44.5 Å². The summed E-state index contributed by atoms with van der Waals surface area (Å²) in [6.45, 7) is 9.96. The van der Waals surface area contributed by atoms with Crippen molar-refractivity contribution >= 4 is 17.3 Å². The number of methoxy groups -OCH3 is 1. The SMILES string of the molecule is CCCNCc1ccc(N(CCOC)C(C)C)cc1Cl. The Morgan fingerprint density at radius 2 is 2.10 bits per heavy atom. The number of hydrogen-bond donors (Lipinski definition) is 1.